The number of methoxy groups -OCH3 is 1. The molecule has 1 aliphatic rings. The summed E-state index contributed by atoms with van der Waals surface area (Å²) in [6.07, 6.45) is -4.30. The van der Waals surface area contributed by atoms with Gasteiger partial charge in [0, 0.05) is 18.6 Å². The van der Waals surface area contributed by atoms with Crippen molar-refractivity contribution >= 4 is 17.5 Å². The van der Waals surface area contributed by atoms with E-state index >= 15 is 0 Å². The van der Waals surface area contributed by atoms with Gasteiger partial charge in [0.2, 0.25) is 11.8 Å². The summed E-state index contributed by atoms with van der Waals surface area (Å²) in [5.41, 5.74) is -0.787. The van der Waals surface area contributed by atoms with Gasteiger partial charge in [0.05, 0.1) is 18.4 Å². The number of nitrogens with one attached hydrogen (secondary N) is 2. The number of ether oxygens (including phenoxy) is 2. The van der Waals surface area contributed by atoms with Crippen LogP contribution in [-0.2, 0) is 15.8 Å². The molecular formula is C20H18F4N2O4. The van der Waals surface area contributed by atoms with E-state index in [9.17, 15) is 27.2 Å². The Labute approximate surface area is 169 Å². The molecule has 2 unspecified atom stereocenters. The second-order valence-electron chi connectivity index (χ2n) is 6.82. The number of halogens is 4. The Morgan fingerprint density at radius 3 is 2.37 bits per heavy atom. The van der Waals surface area contributed by atoms with E-state index in [0.717, 1.165) is 36.4 Å². The molecule has 2 amide bonds. The predicted octanol–water partition coefficient (Wildman–Crippen LogP) is 4.11. The summed E-state index contributed by atoms with van der Waals surface area (Å²) in [7, 11) is 1.28. The fraction of sp³-hybridized carbons (Fsp3) is 0.300. The third-order valence-electron chi connectivity index (χ3n) is 4.60. The van der Waals surface area contributed by atoms with Gasteiger partial charge in [-0.25, -0.2) is 4.39 Å². The molecule has 0 saturated carbocycles. The zero-order valence-corrected chi connectivity index (χ0v) is 16.0. The monoisotopic (exact) mass is 426 g/mol. The summed E-state index contributed by atoms with van der Waals surface area (Å²) < 4.78 is 62.8. The fourth-order valence-electron chi connectivity index (χ4n) is 3.04. The molecule has 2 aromatic carbocycles. The highest BCUT2D eigenvalue weighted by Gasteiger charge is 2.35. The van der Waals surface area contributed by atoms with Gasteiger partial charge in [-0.15, -0.1) is 0 Å². The lowest BCUT2D eigenvalue weighted by Gasteiger charge is -2.18. The van der Waals surface area contributed by atoms with Crippen molar-refractivity contribution in [3.63, 3.8) is 0 Å². The lowest BCUT2D eigenvalue weighted by Crippen LogP contribution is -2.40. The molecule has 0 aromatic heterocycles. The van der Waals surface area contributed by atoms with Crippen molar-refractivity contribution in [1.82, 2.24) is 5.32 Å². The van der Waals surface area contributed by atoms with Gasteiger partial charge in [0.15, 0.2) is 11.6 Å². The third kappa shape index (κ3) is 4.64. The van der Waals surface area contributed by atoms with E-state index < -0.39 is 29.5 Å². The first kappa shape index (κ1) is 21.4. The van der Waals surface area contributed by atoms with Gasteiger partial charge in [0.25, 0.3) is 0 Å². The highest BCUT2D eigenvalue weighted by Crippen LogP contribution is 2.36. The van der Waals surface area contributed by atoms with E-state index in [0.29, 0.717) is 0 Å². The zero-order valence-electron chi connectivity index (χ0n) is 16.0. The molecule has 30 heavy (non-hydrogen) atoms. The van der Waals surface area contributed by atoms with E-state index in [1.165, 1.54) is 7.11 Å². The van der Waals surface area contributed by atoms with E-state index in [-0.39, 0.29) is 41.2 Å². The van der Waals surface area contributed by atoms with Crippen molar-refractivity contribution in [2.24, 2.45) is 5.92 Å². The zero-order chi connectivity index (χ0) is 22.1. The van der Waals surface area contributed by atoms with Crippen LogP contribution >= 0.6 is 0 Å². The molecule has 160 valence electrons. The smallest absolute Gasteiger partial charge is 0.416 e. The van der Waals surface area contributed by atoms with Crippen molar-refractivity contribution in [2.45, 2.75) is 25.6 Å². The number of hydrogen-bond acceptors (Lipinski definition) is 4. The normalized spacial score (nSPS) is 18.7. The van der Waals surface area contributed by atoms with Crippen LogP contribution < -0.4 is 20.1 Å². The molecule has 1 heterocycles. The molecule has 1 fully saturated rings. The Hall–Kier alpha value is -3.30. The first-order valence-corrected chi connectivity index (χ1v) is 8.91. The predicted molar refractivity (Wildman–Crippen MR) is 98.8 cm³/mol. The second kappa shape index (κ2) is 8.21. The summed E-state index contributed by atoms with van der Waals surface area (Å²) in [6, 6.07) is 5.11. The van der Waals surface area contributed by atoms with E-state index in [1.807, 2.05) is 0 Å². The second-order valence-corrected chi connectivity index (χ2v) is 6.82. The summed E-state index contributed by atoms with van der Waals surface area (Å²) in [4.78, 5) is 24.0. The summed E-state index contributed by atoms with van der Waals surface area (Å²) in [6.45, 7) is 1.74. The average Bonchev–Trinajstić information content (AvgIpc) is 3.02. The first-order chi connectivity index (χ1) is 14.1. The van der Waals surface area contributed by atoms with Gasteiger partial charge >= 0.3 is 6.18 Å². The van der Waals surface area contributed by atoms with Gasteiger partial charge in [0.1, 0.15) is 17.5 Å². The van der Waals surface area contributed by atoms with Crippen LogP contribution in [-0.4, -0.2) is 25.0 Å². The minimum Gasteiger partial charge on any atom is -0.494 e. The Bertz CT molecular complexity index is 961. The van der Waals surface area contributed by atoms with Crippen LogP contribution in [0.5, 0.6) is 17.2 Å². The molecule has 10 heteroatoms. The summed E-state index contributed by atoms with van der Waals surface area (Å²) in [5, 5.41) is 5.12. The first-order valence-electron chi connectivity index (χ1n) is 8.91. The highest BCUT2D eigenvalue weighted by molar-refractivity contribution is 6.00. The SMILES string of the molecule is COc1cc(F)c(Oc2ccc(C(F)(F)F)cc2)cc1NC(=O)C1NC(=O)CC1C. The Morgan fingerprint density at radius 1 is 1.17 bits per heavy atom. The molecule has 3 rings (SSSR count). The topological polar surface area (TPSA) is 76.7 Å². The van der Waals surface area contributed by atoms with Gasteiger partial charge in [-0.3, -0.25) is 9.59 Å². The van der Waals surface area contributed by atoms with Crippen molar-refractivity contribution < 1.29 is 36.6 Å². The maximum Gasteiger partial charge on any atom is 0.416 e. The average molecular weight is 426 g/mol. The number of hydrogen-bond donors (Lipinski definition) is 2. The number of anilines is 1. The van der Waals surface area contributed by atoms with Crippen LogP contribution in [0.2, 0.25) is 0 Å². The molecule has 2 aromatic rings. The number of rotatable bonds is 5. The minimum atomic E-state index is -4.51. The molecule has 1 aliphatic heterocycles. The maximum atomic E-state index is 14.4. The number of alkyl halides is 3. The lowest BCUT2D eigenvalue weighted by atomic mass is 10.0. The fourth-order valence-corrected chi connectivity index (χ4v) is 3.04. The standard InChI is InChI=1S/C20H18F4N2O4/c1-10-7-17(27)26-18(10)19(28)25-14-9-15(13(21)8-16(14)29-2)30-12-5-3-11(4-6-12)20(22,23)24/h3-6,8-10,18H,7H2,1-2H3,(H,25,28)(H,26,27). The largest absolute Gasteiger partial charge is 0.494 e. The van der Waals surface area contributed by atoms with Gasteiger partial charge in [-0.05, 0) is 30.2 Å². The van der Waals surface area contributed by atoms with Crippen molar-refractivity contribution in [2.75, 3.05) is 12.4 Å². The molecule has 6 nitrogen and oxygen atoms in total. The maximum absolute atomic E-state index is 14.4. The van der Waals surface area contributed by atoms with Gasteiger partial charge < -0.3 is 20.1 Å². The molecule has 2 N–H and O–H groups in total. The molecular weight excluding hydrogens is 408 g/mol. The van der Waals surface area contributed by atoms with Gasteiger partial charge in [-0.1, -0.05) is 6.92 Å². The number of carbonyl (C=O) groups excluding carboxylic acids is 2. The Kier molecular flexibility index (Phi) is 5.86. The highest BCUT2D eigenvalue weighted by atomic mass is 19.4. The molecule has 0 aliphatic carbocycles. The number of benzene rings is 2. The van der Waals surface area contributed by atoms with Crippen LogP contribution in [0.4, 0.5) is 23.2 Å². The number of amides is 2. The molecule has 1 saturated heterocycles. The lowest BCUT2D eigenvalue weighted by molar-refractivity contribution is -0.137. The van der Waals surface area contributed by atoms with Crippen LogP contribution in [0.1, 0.15) is 18.9 Å². The van der Waals surface area contributed by atoms with Crippen LogP contribution in [0.25, 0.3) is 0 Å². The molecule has 0 bridgehead atoms. The Balaban J connectivity index is 1.82. The quantitative estimate of drug-likeness (QED) is 0.706. The van der Waals surface area contributed by atoms with Crippen LogP contribution in [0.15, 0.2) is 36.4 Å². The van der Waals surface area contributed by atoms with E-state index in [2.05, 4.69) is 10.6 Å². The minimum absolute atomic E-state index is 0.0117. The van der Waals surface area contributed by atoms with Crippen molar-refractivity contribution in [3.8, 4) is 17.2 Å². The molecule has 2 atom stereocenters. The third-order valence-corrected chi connectivity index (χ3v) is 4.60. The van der Waals surface area contributed by atoms with Crippen molar-refractivity contribution in [3.05, 3.63) is 47.8 Å². The number of carbonyl (C=O) groups is 2. The van der Waals surface area contributed by atoms with E-state index in [4.69, 9.17) is 9.47 Å². The van der Waals surface area contributed by atoms with E-state index in [1.54, 1.807) is 6.92 Å². The molecule has 0 radical (unpaired) electrons. The summed E-state index contributed by atoms with van der Waals surface area (Å²) in [5.74, 6) is -2.18. The Morgan fingerprint density at radius 2 is 1.83 bits per heavy atom. The van der Waals surface area contributed by atoms with Crippen LogP contribution in [0, 0.1) is 11.7 Å². The van der Waals surface area contributed by atoms with Gasteiger partial charge in [-0.2, -0.15) is 13.2 Å². The van der Waals surface area contributed by atoms with Crippen LogP contribution in [0.3, 0.4) is 0 Å². The summed E-state index contributed by atoms with van der Waals surface area (Å²) >= 11 is 0. The molecule has 0 spiro atoms. The van der Waals surface area contributed by atoms with Crippen molar-refractivity contribution in [1.29, 1.82) is 0 Å².